The lowest BCUT2D eigenvalue weighted by molar-refractivity contribution is -0.149. The minimum Gasteiger partial charge on any atom is -0.468 e. The van der Waals surface area contributed by atoms with Gasteiger partial charge in [0.25, 0.3) is 0 Å². The van der Waals surface area contributed by atoms with Crippen LogP contribution < -0.4 is 5.32 Å². The first kappa shape index (κ1) is 15.8. The quantitative estimate of drug-likeness (QED) is 0.693. The van der Waals surface area contributed by atoms with Crippen LogP contribution >= 0.6 is 0 Å². The van der Waals surface area contributed by atoms with E-state index in [2.05, 4.69) is 31.1 Å². The lowest BCUT2D eigenvalue weighted by Gasteiger charge is -2.37. The molecule has 0 aliphatic heterocycles. The van der Waals surface area contributed by atoms with E-state index in [0.29, 0.717) is 18.1 Å². The second-order valence-electron chi connectivity index (χ2n) is 7.04. The molecule has 0 amide bonds. The van der Waals surface area contributed by atoms with Crippen molar-refractivity contribution in [3.8, 4) is 0 Å². The highest BCUT2D eigenvalue weighted by molar-refractivity contribution is 5.80. The van der Waals surface area contributed by atoms with E-state index in [1.807, 2.05) is 6.92 Å². The van der Waals surface area contributed by atoms with Crippen LogP contribution in [0.2, 0.25) is 0 Å². The number of carbonyl (C=O) groups excluding carboxylic acids is 1. The molecule has 0 saturated heterocycles. The van der Waals surface area contributed by atoms with Crippen molar-refractivity contribution in [3.63, 3.8) is 0 Å². The van der Waals surface area contributed by atoms with Gasteiger partial charge >= 0.3 is 5.97 Å². The van der Waals surface area contributed by atoms with Crippen molar-refractivity contribution >= 4 is 5.97 Å². The molecule has 2 fully saturated rings. The van der Waals surface area contributed by atoms with Gasteiger partial charge in [-0.1, -0.05) is 0 Å². The zero-order valence-corrected chi connectivity index (χ0v) is 13.6. The van der Waals surface area contributed by atoms with Gasteiger partial charge < -0.3 is 9.64 Å². The molecule has 3 atom stereocenters. The smallest absolute Gasteiger partial charge is 0.325 e. The van der Waals surface area contributed by atoms with Crippen LogP contribution in [0.5, 0.6) is 0 Å². The van der Waals surface area contributed by atoms with Crippen molar-refractivity contribution < 1.29 is 9.53 Å². The van der Waals surface area contributed by atoms with Crippen LogP contribution in [0.1, 0.15) is 52.9 Å². The number of nitrogens with one attached hydrogen (secondary N) is 1. The molecule has 0 bridgehead atoms. The Kier molecular flexibility index (Phi) is 4.75. The van der Waals surface area contributed by atoms with E-state index < -0.39 is 5.54 Å². The van der Waals surface area contributed by atoms with Crippen LogP contribution in [-0.4, -0.2) is 48.7 Å². The second kappa shape index (κ2) is 6.02. The first-order chi connectivity index (χ1) is 9.37. The molecule has 0 aromatic heterocycles. The Morgan fingerprint density at radius 1 is 1.35 bits per heavy atom. The maximum Gasteiger partial charge on any atom is 0.325 e. The average Bonchev–Trinajstić information content (AvgIpc) is 3.27. The normalized spacial score (nSPS) is 25.1. The molecule has 3 unspecified atom stereocenters. The zero-order valence-electron chi connectivity index (χ0n) is 13.6. The van der Waals surface area contributed by atoms with Gasteiger partial charge in [-0.2, -0.15) is 0 Å². The lowest BCUT2D eigenvalue weighted by Crippen LogP contribution is -2.55. The van der Waals surface area contributed by atoms with Gasteiger partial charge in [0.1, 0.15) is 5.54 Å². The summed E-state index contributed by atoms with van der Waals surface area (Å²) in [4.78, 5) is 14.6. The number of methoxy groups -OCH3 is 1. The highest BCUT2D eigenvalue weighted by Crippen LogP contribution is 2.36. The van der Waals surface area contributed by atoms with E-state index in [9.17, 15) is 4.79 Å². The van der Waals surface area contributed by atoms with Gasteiger partial charge in [-0.3, -0.25) is 10.1 Å². The fourth-order valence-corrected chi connectivity index (χ4v) is 3.15. The van der Waals surface area contributed by atoms with Gasteiger partial charge in [-0.05, 0) is 65.8 Å². The molecule has 0 aromatic rings. The SMILES string of the molecule is COC(=O)C(C)(CC(C)N(C)C(C)C1CC1)NC1CC1. The van der Waals surface area contributed by atoms with E-state index in [0.717, 1.165) is 12.3 Å². The summed E-state index contributed by atoms with van der Waals surface area (Å²) in [6.45, 7) is 6.51. The number of rotatable bonds is 8. The standard InChI is InChI=1S/C16H30N2O2/c1-11(18(4)12(2)13-6-7-13)10-16(3,15(19)20-5)17-14-8-9-14/h11-14,17H,6-10H2,1-5H3. The average molecular weight is 282 g/mol. The topological polar surface area (TPSA) is 41.6 Å². The summed E-state index contributed by atoms with van der Waals surface area (Å²) in [5.74, 6) is 0.715. The Bertz CT molecular complexity index is 352. The third kappa shape index (κ3) is 3.73. The highest BCUT2D eigenvalue weighted by Gasteiger charge is 2.42. The summed E-state index contributed by atoms with van der Waals surface area (Å²) >= 11 is 0. The minimum atomic E-state index is -0.563. The summed E-state index contributed by atoms with van der Waals surface area (Å²) in [6, 6.07) is 1.46. The third-order valence-electron chi connectivity index (χ3n) is 5.08. The van der Waals surface area contributed by atoms with Crippen LogP contribution in [0.4, 0.5) is 0 Å². The van der Waals surface area contributed by atoms with Gasteiger partial charge in [0.15, 0.2) is 0 Å². The molecule has 2 rings (SSSR count). The molecule has 116 valence electrons. The Balaban J connectivity index is 1.96. The summed E-state index contributed by atoms with van der Waals surface area (Å²) in [5.41, 5.74) is -0.563. The van der Waals surface area contributed by atoms with Crippen LogP contribution in [0.15, 0.2) is 0 Å². The summed E-state index contributed by atoms with van der Waals surface area (Å²) < 4.78 is 5.02. The van der Waals surface area contributed by atoms with Crippen molar-refractivity contribution in [3.05, 3.63) is 0 Å². The minimum absolute atomic E-state index is 0.135. The Labute approximate surface area is 123 Å². The van der Waals surface area contributed by atoms with E-state index in [1.54, 1.807) is 0 Å². The van der Waals surface area contributed by atoms with Gasteiger partial charge in [0, 0.05) is 18.1 Å². The molecule has 0 radical (unpaired) electrons. The molecule has 0 spiro atoms. The van der Waals surface area contributed by atoms with Crippen molar-refractivity contribution in [1.82, 2.24) is 10.2 Å². The monoisotopic (exact) mass is 282 g/mol. The van der Waals surface area contributed by atoms with Crippen molar-refractivity contribution in [2.24, 2.45) is 5.92 Å². The van der Waals surface area contributed by atoms with E-state index in [4.69, 9.17) is 4.74 Å². The second-order valence-corrected chi connectivity index (χ2v) is 7.04. The van der Waals surface area contributed by atoms with Gasteiger partial charge in [-0.25, -0.2) is 0 Å². The maximum absolute atomic E-state index is 12.2. The Hall–Kier alpha value is -0.610. The van der Waals surface area contributed by atoms with Gasteiger partial charge in [-0.15, -0.1) is 0 Å². The lowest BCUT2D eigenvalue weighted by atomic mass is 9.92. The van der Waals surface area contributed by atoms with E-state index >= 15 is 0 Å². The fraction of sp³-hybridized carbons (Fsp3) is 0.938. The third-order valence-corrected chi connectivity index (χ3v) is 5.08. The molecule has 20 heavy (non-hydrogen) atoms. The number of ether oxygens (including phenoxy) is 1. The van der Waals surface area contributed by atoms with E-state index in [-0.39, 0.29) is 5.97 Å². The largest absolute Gasteiger partial charge is 0.468 e. The van der Waals surface area contributed by atoms with Gasteiger partial charge in [0.05, 0.1) is 7.11 Å². The molecule has 4 nitrogen and oxygen atoms in total. The number of hydrogen-bond acceptors (Lipinski definition) is 4. The van der Waals surface area contributed by atoms with Crippen LogP contribution in [0.3, 0.4) is 0 Å². The Morgan fingerprint density at radius 3 is 2.40 bits per heavy atom. The van der Waals surface area contributed by atoms with Crippen LogP contribution in [0, 0.1) is 5.92 Å². The fourth-order valence-electron chi connectivity index (χ4n) is 3.15. The van der Waals surface area contributed by atoms with Crippen molar-refractivity contribution in [1.29, 1.82) is 0 Å². The first-order valence-electron chi connectivity index (χ1n) is 7.95. The molecule has 2 saturated carbocycles. The molecular formula is C16H30N2O2. The zero-order chi connectivity index (χ0) is 14.9. The molecule has 1 N–H and O–H groups in total. The molecule has 0 aromatic carbocycles. The number of esters is 1. The molecular weight excluding hydrogens is 252 g/mol. The van der Waals surface area contributed by atoms with Crippen LogP contribution in [0.25, 0.3) is 0 Å². The highest BCUT2D eigenvalue weighted by atomic mass is 16.5. The van der Waals surface area contributed by atoms with Gasteiger partial charge in [0.2, 0.25) is 0 Å². The van der Waals surface area contributed by atoms with E-state index in [1.165, 1.54) is 32.8 Å². The predicted octanol–water partition coefficient (Wildman–Crippen LogP) is 2.18. The summed E-state index contributed by atoms with van der Waals surface area (Å²) in [7, 11) is 3.67. The molecule has 4 heteroatoms. The number of nitrogens with zero attached hydrogens (tertiary/aromatic N) is 1. The number of hydrogen-bond donors (Lipinski definition) is 1. The Morgan fingerprint density at radius 2 is 1.95 bits per heavy atom. The molecule has 0 heterocycles. The number of carbonyl (C=O) groups is 1. The van der Waals surface area contributed by atoms with Crippen molar-refractivity contribution in [2.45, 2.75) is 76.5 Å². The first-order valence-corrected chi connectivity index (χ1v) is 7.95. The molecule has 2 aliphatic carbocycles. The molecule has 2 aliphatic rings. The predicted molar refractivity (Wildman–Crippen MR) is 80.6 cm³/mol. The van der Waals surface area contributed by atoms with Crippen molar-refractivity contribution in [2.75, 3.05) is 14.2 Å². The van der Waals surface area contributed by atoms with Crippen LogP contribution in [-0.2, 0) is 9.53 Å². The summed E-state index contributed by atoms with van der Waals surface area (Å²) in [6.07, 6.45) is 5.86. The maximum atomic E-state index is 12.2. The summed E-state index contributed by atoms with van der Waals surface area (Å²) in [5, 5.41) is 3.49.